The summed E-state index contributed by atoms with van der Waals surface area (Å²) < 4.78 is 0. The molecule has 2 N–H and O–H groups in total. The number of allylic oxidation sites excluding steroid dienone is 2. The Labute approximate surface area is 125 Å². The van der Waals surface area contributed by atoms with Crippen molar-refractivity contribution in [2.24, 2.45) is 0 Å². The maximum absolute atomic E-state index is 9.00. The molecular formula is C17H34O3. The highest BCUT2D eigenvalue weighted by Crippen LogP contribution is 2.08. The molecule has 0 aromatic heterocycles. The van der Waals surface area contributed by atoms with Gasteiger partial charge in [-0.25, -0.2) is 0 Å². The van der Waals surface area contributed by atoms with E-state index in [-0.39, 0.29) is 0 Å². The summed E-state index contributed by atoms with van der Waals surface area (Å²) in [7, 11) is 0. The zero-order valence-corrected chi connectivity index (χ0v) is 13.4. The van der Waals surface area contributed by atoms with Gasteiger partial charge in [0.1, 0.15) is 0 Å². The van der Waals surface area contributed by atoms with Crippen LogP contribution in [0.2, 0.25) is 0 Å². The SMILES string of the molecule is CC(=O)O.CCCCCCCCC=CCCCCCO. The van der Waals surface area contributed by atoms with Crippen LogP contribution in [-0.4, -0.2) is 22.8 Å². The Hall–Kier alpha value is -0.830. The minimum atomic E-state index is -0.833. The van der Waals surface area contributed by atoms with Crippen molar-refractivity contribution in [2.75, 3.05) is 6.61 Å². The highest BCUT2D eigenvalue weighted by atomic mass is 16.4. The van der Waals surface area contributed by atoms with E-state index in [1.165, 1.54) is 57.8 Å². The molecule has 120 valence electrons. The third-order valence-electron chi connectivity index (χ3n) is 2.92. The largest absolute Gasteiger partial charge is 0.481 e. The fraction of sp³-hybridized carbons (Fsp3) is 0.824. The smallest absolute Gasteiger partial charge is 0.300 e. The van der Waals surface area contributed by atoms with Gasteiger partial charge in [0.25, 0.3) is 5.97 Å². The van der Waals surface area contributed by atoms with Crippen molar-refractivity contribution in [1.29, 1.82) is 0 Å². The number of carbonyl (C=O) groups is 1. The standard InChI is InChI=1S/C15H30O.C2H4O2/c1-2-3-4-5-6-7-8-9-10-11-12-13-14-15-16;1-2(3)4/h9-10,16H,2-8,11-15H2,1H3;1H3,(H,3,4). The first-order chi connectivity index (χ1) is 9.65. The fourth-order valence-electron chi connectivity index (χ4n) is 1.83. The Kier molecular flexibility index (Phi) is 22.0. The van der Waals surface area contributed by atoms with Crippen LogP contribution in [-0.2, 0) is 4.79 Å². The van der Waals surface area contributed by atoms with Crippen LogP contribution in [0.5, 0.6) is 0 Å². The third-order valence-corrected chi connectivity index (χ3v) is 2.92. The molecule has 0 saturated heterocycles. The summed E-state index contributed by atoms with van der Waals surface area (Å²) in [6, 6.07) is 0. The van der Waals surface area contributed by atoms with Crippen LogP contribution in [0.25, 0.3) is 0 Å². The monoisotopic (exact) mass is 286 g/mol. The van der Waals surface area contributed by atoms with Gasteiger partial charge < -0.3 is 10.2 Å². The molecule has 0 fully saturated rings. The van der Waals surface area contributed by atoms with Gasteiger partial charge in [-0.05, 0) is 32.1 Å². The molecule has 0 bridgehead atoms. The number of carboxylic acid groups (broad SMARTS) is 1. The molecule has 0 aliphatic carbocycles. The Morgan fingerprint density at radius 2 is 1.25 bits per heavy atom. The van der Waals surface area contributed by atoms with Crippen molar-refractivity contribution < 1.29 is 15.0 Å². The Morgan fingerprint density at radius 3 is 1.70 bits per heavy atom. The van der Waals surface area contributed by atoms with Gasteiger partial charge in [0.05, 0.1) is 0 Å². The van der Waals surface area contributed by atoms with E-state index in [4.69, 9.17) is 15.0 Å². The Bertz CT molecular complexity index is 208. The number of unbranched alkanes of at least 4 members (excludes halogenated alkanes) is 9. The van der Waals surface area contributed by atoms with Crippen molar-refractivity contribution >= 4 is 5.97 Å². The molecule has 0 aliphatic rings. The molecular weight excluding hydrogens is 252 g/mol. The maximum Gasteiger partial charge on any atom is 0.300 e. The number of hydrogen-bond acceptors (Lipinski definition) is 2. The molecule has 0 aromatic carbocycles. The van der Waals surface area contributed by atoms with E-state index in [9.17, 15) is 0 Å². The summed E-state index contributed by atoms with van der Waals surface area (Å²) >= 11 is 0. The number of aliphatic hydroxyl groups excluding tert-OH is 1. The molecule has 20 heavy (non-hydrogen) atoms. The first-order valence-electron chi connectivity index (χ1n) is 8.10. The molecule has 3 nitrogen and oxygen atoms in total. The van der Waals surface area contributed by atoms with Crippen molar-refractivity contribution in [3.8, 4) is 0 Å². The van der Waals surface area contributed by atoms with Crippen LogP contribution in [0.3, 0.4) is 0 Å². The van der Waals surface area contributed by atoms with Gasteiger partial charge in [-0.15, -0.1) is 0 Å². The zero-order valence-electron chi connectivity index (χ0n) is 13.4. The van der Waals surface area contributed by atoms with Crippen molar-refractivity contribution in [1.82, 2.24) is 0 Å². The van der Waals surface area contributed by atoms with E-state index in [2.05, 4.69) is 19.1 Å². The second-order valence-electron chi connectivity index (χ2n) is 5.12. The molecule has 3 heteroatoms. The fourth-order valence-corrected chi connectivity index (χ4v) is 1.83. The average molecular weight is 286 g/mol. The molecule has 0 atom stereocenters. The lowest BCUT2D eigenvalue weighted by atomic mass is 10.1. The number of aliphatic carboxylic acids is 1. The summed E-state index contributed by atoms with van der Waals surface area (Å²) in [5.74, 6) is -0.833. The van der Waals surface area contributed by atoms with Gasteiger partial charge in [0.15, 0.2) is 0 Å². The normalized spacial score (nSPS) is 10.3. The highest BCUT2D eigenvalue weighted by Gasteiger charge is 1.88. The third kappa shape index (κ3) is 30.3. The molecule has 0 aliphatic heterocycles. The van der Waals surface area contributed by atoms with Crippen LogP contribution >= 0.6 is 0 Å². The lowest BCUT2D eigenvalue weighted by molar-refractivity contribution is -0.134. The lowest BCUT2D eigenvalue weighted by Gasteiger charge is -1.98. The van der Waals surface area contributed by atoms with E-state index >= 15 is 0 Å². The van der Waals surface area contributed by atoms with Crippen LogP contribution in [0.15, 0.2) is 12.2 Å². The predicted octanol–water partition coefficient (Wildman–Crippen LogP) is 4.94. The van der Waals surface area contributed by atoms with Crippen LogP contribution in [0.4, 0.5) is 0 Å². The van der Waals surface area contributed by atoms with E-state index in [1.807, 2.05) is 0 Å². The quantitative estimate of drug-likeness (QED) is 0.395. The minimum absolute atomic E-state index is 0.349. The predicted molar refractivity (Wildman–Crippen MR) is 86.0 cm³/mol. The summed E-state index contributed by atoms with van der Waals surface area (Å²) in [6.07, 6.45) is 18.8. The van der Waals surface area contributed by atoms with Gasteiger partial charge in [0.2, 0.25) is 0 Å². The molecule has 0 radical (unpaired) electrons. The van der Waals surface area contributed by atoms with Crippen LogP contribution in [0.1, 0.15) is 84.5 Å². The second-order valence-corrected chi connectivity index (χ2v) is 5.12. The first-order valence-corrected chi connectivity index (χ1v) is 8.10. The number of rotatable bonds is 12. The van der Waals surface area contributed by atoms with Crippen molar-refractivity contribution in [3.05, 3.63) is 12.2 Å². The Morgan fingerprint density at radius 1 is 0.850 bits per heavy atom. The molecule has 0 heterocycles. The van der Waals surface area contributed by atoms with Gasteiger partial charge in [-0.3, -0.25) is 4.79 Å². The molecule has 0 rings (SSSR count). The van der Waals surface area contributed by atoms with Gasteiger partial charge in [0, 0.05) is 13.5 Å². The second kappa shape index (κ2) is 20.5. The first kappa shape index (κ1) is 21.5. The zero-order chi connectivity index (χ0) is 15.5. The number of aliphatic hydroxyl groups is 1. The average Bonchev–Trinajstić information content (AvgIpc) is 2.39. The van der Waals surface area contributed by atoms with Gasteiger partial charge >= 0.3 is 0 Å². The maximum atomic E-state index is 9.00. The highest BCUT2D eigenvalue weighted by molar-refractivity contribution is 5.62. The number of hydrogen-bond donors (Lipinski definition) is 2. The van der Waals surface area contributed by atoms with E-state index in [0.29, 0.717) is 6.61 Å². The van der Waals surface area contributed by atoms with E-state index < -0.39 is 5.97 Å². The molecule has 0 aromatic rings. The van der Waals surface area contributed by atoms with Gasteiger partial charge in [-0.2, -0.15) is 0 Å². The summed E-state index contributed by atoms with van der Waals surface area (Å²) in [4.78, 5) is 9.00. The Balaban J connectivity index is 0. The molecule has 0 spiro atoms. The topological polar surface area (TPSA) is 57.5 Å². The van der Waals surface area contributed by atoms with Crippen LogP contribution in [0, 0.1) is 0 Å². The van der Waals surface area contributed by atoms with Crippen molar-refractivity contribution in [3.63, 3.8) is 0 Å². The summed E-state index contributed by atoms with van der Waals surface area (Å²) in [6.45, 7) is 3.70. The van der Waals surface area contributed by atoms with Gasteiger partial charge in [-0.1, -0.05) is 57.6 Å². The molecule has 0 amide bonds. The molecule has 0 unspecified atom stereocenters. The molecule has 0 saturated carbocycles. The van der Waals surface area contributed by atoms with Crippen molar-refractivity contribution in [2.45, 2.75) is 84.5 Å². The summed E-state index contributed by atoms with van der Waals surface area (Å²) in [5.41, 5.74) is 0. The van der Waals surface area contributed by atoms with Crippen LogP contribution < -0.4 is 0 Å². The minimum Gasteiger partial charge on any atom is -0.481 e. The lowest BCUT2D eigenvalue weighted by Crippen LogP contribution is -1.81. The summed E-state index contributed by atoms with van der Waals surface area (Å²) in [5, 5.41) is 16.0. The number of carboxylic acids is 1. The van der Waals surface area contributed by atoms with E-state index in [0.717, 1.165) is 19.8 Å². The van der Waals surface area contributed by atoms with E-state index in [1.54, 1.807) is 0 Å².